The zero-order valence-corrected chi connectivity index (χ0v) is 13.3. The van der Waals surface area contributed by atoms with Gasteiger partial charge in [-0.1, -0.05) is 12.1 Å². The summed E-state index contributed by atoms with van der Waals surface area (Å²) in [5, 5.41) is 0. The number of sulfonamides is 1. The summed E-state index contributed by atoms with van der Waals surface area (Å²) >= 11 is 0. The highest BCUT2D eigenvalue weighted by molar-refractivity contribution is 7.89. The highest BCUT2D eigenvalue weighted by Gasteiger charge is 2.32. The van der Waals surface area contributed by atoms with Gasteiger partial charge in [0.2, 0.25) is 10.0 Å². The molecule has 0 spiro atoms. The molecule has 1 unspecified atom stereocenters. The number of hydrogen-bond acceptors (Lipinski definition) is 3. The van der Waals surface area contributed by atoms with Gasteiger partial charge in [-0.15, -0.1) is 0 Å². The maximum absolute atomic E-state index is 13.3. The van der Waals surface area contributed by atoms with Crippen LogP contribution in [0, 0.1) is 17.5 Å². The van der Waals surface area contributed by atoms with Gasteiger partial charge in [-0.25, -0.2) is 21.6 Å². The number of hydrogen-bond donors (Lipinski definition) is 0. The number of morpholine rings is 1. The molecule has 1 aliphatic rings. The van der Waals surface area contributed by atoms with Crippen molar-refractivity contribution in [3.63, 3.8) is 0 Å². The lowest BCUT2D eigenvalue weighted by Gasteiger charge is -2.32. The van der Waals surface area contributed by atoms with Crippen molar-refractivity contribution < 1.29 is 26.3 Å². The standard InChI is InChI=1S/C16H14F3NO3S/c17-12-3-1-11(2-4-12)16-10-20(7-8-23-16)24(21,22)13-5-6-14(18)15(19)9-13/h1-6,9,16H,7-8,10H2. The minimum atomic E-state index is -3.98. The normalized spacial score (nSPS) is 19.4. The Morgan fingerprint density at radius 3 is 2.38 bits per heavy atom. The van der Waals surface area contributed by atoms with Crippen LogP contribution in [-0.2, 0) is 14.8 Å². The minimum Gasteiger partial charge on any atom is -0.371 e. The van der Waals surface area contributed by atoms with Gasteiger partial charge >= 0.3 is 0 Å². The van der Waals surface area contributed by atoms with Crippen molar-refractivity contribution in [2.24, 2.45) is 0 Å². The van der Waals surface area contributed by atoms with Gasteiger partial charge in [0.25, 0.3) is 0 Å². The molecule has 2 aromatic carbocycles. The van der Waals surface area contributed by atoms with E-state index in [-0.39, 0.29) is 24.6 Å². The predicted octanol–water partition coefficient (Wildman–Crippen LogP) is 2.87. The van der Waals surface area contributed by atoms with Crippen molar-refractivity contribution in [2.75, 3.05) is 19.7 Å². The molecule has 1 saturated heterocycles. The van der Waals surface area contributed by atoms with E-state index in [4.69, 9.17) is 4.74 Å². The topological polar surface area (TPSA) is 46.6 Å². The molecule has 4 nitrogen and oxygen atoms in total. The number of ether oxygens (including phenoxy) is 1. The van der Waals surface area contributed by atoms with Crippen LogP contribution in [-0.4, -0.2) is 32.4 Å². The minimum absolute atomic E-state index is 0.00691. The largest absolute Gasteiger partial charge is 0.371 e. The van der Waals surface area contributed by atoms with Gasteiger partial charge in [0.1, 0.15) is 5.82 Å². The fourth-order valence-electron chi connectivity index (χ4n) is 2.51. The van der Waals surface area contributed by atoms with Crippen LogP contribution in [0.2, 0.25) is 0 Å². The van der Waals surface area contributed by atoms with Gasteiger partial charge in [-0.3, -0.25) is 0 Å². The molecule has 24 heavy (non-hydrogen) atoms. The Hall–Kier alpha value is -1.90. The monoisotopic (exact) mass is 357 g/mol. The third-order valence-electron chi connectivity index (χ3n) is 3.80. The molecule has 1 atom stereocenters. The van der Waals surface area contributed by atoms with Crippen molar-refractivity contribution in [3.05, 3.63) is 65.5 Å². The summed E-state index contributed by atoms with van der Waals surface area (Å²) in [6, 6.07) is 8.04. The van der Waals surface area contributed by atoms with E-state index in [1.807, 2.05) is 0 Å². The zero-order chi connectivity index (χ0) is 17.3. The van der Waals surface area contributed by atoms with Gasteiger partial charge in [0.15, 0.2) is 11.6 Å². The Labute approximate surface area is 137 Å². The molecular weight excluding hydrogens is 343 g/mol. The third kappa shape index (κ3) is 3.31. The fourth-order valence-corrected chi connectivity index (χ4v) is 3.95. The van der Waals surface area contributed by atoms with Crippen LogP contribution in [0.5, 0.6) is 0 Å². The molecule has 0 bridgehead atoms. The van der Waals surface area contributed by atoms with Gasteiger partial charge < -0.3 is 4.74 Å². The van der Waals surface area contributed by atoms with Crippen LogP contribution in [0.15, 0.2) is 47.4 Å². The molecule has 2 aromatic rings. The van der Waals surface area contributed by atoms with E-state index in [0.717, 1.165) is 16.4 Å². The van der Waals surface area contributed by atoms with Crippen LogP contribution in [0.1, 0.15) is 11.7 Å². The smallest absolute Gasteiger partial charge is 0.243 e. The summed E-state index contributed by atoms with van der Waals surface area (Å²) in [4.78, 5) is -0.318. The van der Waals surface area contributed by atoms with Crippen LogP contribution >= 0.6 is 0 Å². The van der Waals surface area contributed by atoms with Crippen LogP contribution in [0.4, 0.5) is 13.2 Å². The molecule has 1 heterocycles. The third-order valence-corrected chi connectivity index (χ3v) is 5.66. The Balaban J connectivity index is 1.85. The van der Waals surface area contributed by atoms with E-state index in [2.05, 4.69) is 0 Å². The quantitative estimate of drug-likeness (QED) is 0.849. The maximum atomic E-state index is 13.3. The molecular formula is C16H14F3NO3S. The number of rotatable bonds is 3. The second-order valence-electron chi connectivity index (χ2n) is 5.35. The summed E-state index contributed by atoms with van der Waals surface area (Å²) in [7, 11) is -3.98. The van der Waals surface area contributed by atoms with Crippen LogP contribution in [0.25, 0.3) is 0 Å². The summed E-state index contributed by atoms with van der Waals surface area (Å²) in [6.07, 6.45) is -0.556. The van der Waals surface area contributed by atoms with E-state index < -0.39 is 33.6 Å². The van der Waals surface area contributed by atoms with E-state index in [9.17, 15) is 21.6 Å². The average molecular weight is 357 g/mol. The molecule has 0 aromatic heterocycles. The molecule has 0 amide bonds. The predicted molar refractivity (Wildman–Crippen MR) is 80.2 cm³/mol. The Bertz CT molecular complexity index is 840. The van der Waals surface area contributed by atoms with Gasteiger partial charge in [0.05, 0.1) is 17.6 Å². The second-order valence-corrected chi connectivity index (χ2v) is 7.29. The van der Waals surface area contributed by atoms with Crippen molar-refractivity contribution >= 4 is 10.0 Å². The van der Waals surface area contributed by atoms with Crippen molar-refractivity contribution in [2.45, 2.75) is 11.0 Å². The van der Waals surface area contributed by atoms with E-state index >= 15 is 0 Å². The van der Waals surface area contributed by atoms with E-state index in [0.29, 0.717) is 11.6 Å². The first-order valence-electron chi connectivity index (χ1n) is 7.20. The van der Waals surface area contributed by atoms with Gasteiger partial charge in [0, 0.05) is 13.1 Å². The lowest BCUT2D eigenvalue weighted by Crippen LogP contribution is -2.42. The fraction of sp³-hybridized carbons (Fsp3) is 0.250. The molecule has 1 fully saturated rings. The summed E-state index contributed by atoms with van der Waals surface area (Å²) in [5.41, 5.74) is 0.640. The summed E-state index contributed by atoms with van der Waals surface area (Å²) < 4.78 is 71.2. The Morgan fingerprint density at radius 1 is 1.00 bits per heavy atom. The SMILES string of the molecule is O=S(=O)(c1ccc(F)c(F)c1)N1CCOC(c2ccc(F)cc2)C1. The Morgan fingerprint density at radius 2 is 1.71 bits per heavy atom. The lowest BCUT2D eigenvalue weighted by molar-refractivity contribution is -0.00259. The molecule has 0 saturated carbocycles. The molecule has 3 rings (SSSR count). The second kappa shape index (κ2) is 6.54. The van der Waals surface area contributed by atoms with Gasteiger partial charge in [-0.05, 0) is 35.9 Å². The van der Waals surface area contributed by atoms with Gasteiger partial charge in [-0.2, -0.15) is 4.31 Å². The molecule has 0 radical (unpaired) electrons. The first-order valence-corrected chi connectivity index (χ1v) is 8.64. The molecule has 1 aliphatic heterocycles. The zero-order valence-electron chi connectivity index (χ0n) is 12.5. The maximum Gasteiger partial charge on any atom is 0.243 e. The van der Waals surface area contributed by atoms with Crippen molar-refractivity contribution in [1.82, 2.24) is 4.31 Å². The Kier molecular flexibility index (Phi) is 4.62. The number of benzene rings is 2. The first kappa shape index (κ1) is 16.9. The van der Waals surface area contributed by atoms with E-state index in [1.165, 1.54) is 24.3 Å². The van der Waals surface area contributed by atoms with Crippen LogP contribution in [0.3, 0.4) is 0 Å². The molecule has 128 valence electrons. The lowest BCUT2D eigenvalue weighted by atomic mass is 10.1. The van der Waals surface area contributed by atoms with Crippen molar-refractivity contribution in [3.8, 4) is 0 Å². The first-order chi connectivity index (χ1) is 11.4. The highest BCUT2D eigenvalue weighted by atomic mass is 32.2. The molecule has 0 N–H and O–H groups in total. The van der Waals surface area contributed by atoms with Crippen LogP contribution < -0.4 is 0 Å². The number of halogens is 3. The molecule has 0 aliphatic carbocycles. The van der Waals surface area contributed by atoms with Crippen molar-refractivity contribution in [1.29, 1.82) is 0 Å². The van der Waals surface area contributed by atoms with E-state index in [1.54, 1.807) is 0 Å². The number of nitrogens with zero attached hydrogens (tertiary/aromatic N) is 1. The summed E-state index contributed by atoms with van der Waals surface area (Å²) in [6.45, 7) is 0.247. The summed E-state index contributed by atoms with van der Waals surface area (Å²) in [5.74, 6) is -2.74. The molecule has 8 heteroatoms. The highest BCUT2D eigenvalue weighted by Crippen LogP contribution is 2.27. The average Bonchev–Trinajstić information content (AvgIpc) is 2.58.